The fraction of sp³-hybridized carbons (Fsp3) is 0. The molecule has 37 valence electrons. The van der Waals surface area contributed by atoms with E-state index < -0.39 is 7.32 Å². The molecule has 0 aromatic rings. The van der Waals surface area contributed by atoms with Crippen molar-refractivity contribution in [3.05, 3.63) is 0 Å². The van der Waals surface area contributed by atoms with Gasteiger partial charge in [-0.25, -0.2) is 0 Å². The first kappa shape index (κ1) is 15.8. The maximum atomic E-state index is 7.17. The van der Waals surface area contributed by atoms with Crippen LogP contribution in [-0.4, -0.2) is 22.4 Å². The first-order valence-electron chi connectivity index (χ1n) is 0.775. The van der Waals surface area contributed by atoms with Gasteiger partial charge in [0.15, 0.2) is 0 Å². The molecule has 0 saturated heterocycles. The number of rotatable bonds is 0. The Kier molecular flexibility index (Phi) is 24.6. The smallest absolute Gasteiger partial charge is 0.402 e. The number of hydrogen-bond donors (Lipinski definition) is 3. The first-order valence-corrected chi connectivity index (χ1v) is 0.775. The van der Waals surface area contributed by atoms with Gasteiger partial charge in [-0.05, 0) is 0 Å². The van der Waals surface area contributed by atoms with Crippen LogP contribution in [0.25, 0.3) is 0 Å². The summed E-state index contributed by atoms with van der Waals surface area (Å²) >= 11 is 0. The zero-order valence-corrected chi connectivity index (χ0v) is 5.88. The summed E-state index contributed by atoms with van der Waals surface area (Å²) in [6.07, 6.45) is 0. The van der Waals surface area contributed by atoms with Crippen LogP contribution in [-0.2, 0) is 18.6 Å². The van der Waals surface area contributed by atoms with E-state index in [4.69, 9.17) is 15.1 Å². The molecule has 0 saturated carbocycles. The molecule has 0 amide bonds. The molecule has 1 unspecified atom stereocenters. The summed E-state index contributed by atoms with van der Waals surface area (Å²) in [5.74, 6) is 0. The van der Waals surface area contributed by atoms with Gasteiger partial charge >= 0.3 is 7.32 Å². The van der Waals surface area contributed by atoms with Gasteiger partial charge in [-0.1, -0.05) is 0 Å². The average molecular weight is 147 g/mol. The van der Waals surface area contributed by atoms with Crippen molar-refractivity contribution in [1.29, 1.82) is 0 Å². The van der Waals surface area contributed by atoms with Crippen molar-refractivity contribution in [3.8, 4) is 0 Å². The standard InChI is InChI=1S/BH3O3.H3P.V/c2-1(3)4;;/h2-4H;1H3;. The summed E-state index contributed by atoms with van der Waals surface area (Å²) in [5, 5.41) is 21.5. The fourth-order valence-corrected chi connectivity index (χ4v) is 0. The van der Waals surface area contributed by atoms with E-state index in [-0.39, 0.29) is 28.5 Å². The van der Waals surface area contributed by atoms with Gasteiger partial charge in [-0.15, -0.1) is 0 Å². The van der Waals surface area contributed by atoms with Crippen molar-refractivity contribution in [3.63, 3.8) is 0 Å². The summed E-state index contributed by atoms with van der Waals surface area (Å²) in [5.41, 5.74) is 0. The molecule has 0 aromatic carbocycles. The van der Waals surface area contributed by atoms with Crippen LogP contribution in [0.1, 0.15) is 0 Å². The Morgan fingerprint density at radius 1 is 1.00 bits per heavy atom. The van der Waals surface area contributed by atoms with Crippen LogP contribution in [0.4, 0.5) is 0 Å². The van der Waals surface area contributed by atoms with E-state index in [0.29, 0.717) is 0 Å². The van der Waals surface area contributed by atoms with Crippen LogP contribution < -0.4 is 0 Å². The average Bonchev–Trinajstić information content (AvgIpc) is 0.811. The van der Waals surface area contributed by atoms with Crippen molar-refractivity contribution in [2.75, 3.05) is 0 Å². The molecule has 3 nitrogen and oxygen atoms in total. The summed E-state index contributed by atoms with van der Waals surface area (Å²) in [4.78, 5) is 0. The van der Waals surface area contributed by atoms with Gasteiger partial charge in [-0.3, -0.25) is 0 Å². The minimum atomic E-state index is -2.17. The molecule has 0 rings (SSSR count). The predicted octanol–water partition coefficient (Wildman–Crippen LogP) is -2.00. The van der Waals surface area contributed by atoms with E-state index >= 15 is 0 Å². The van der Waals surface area contributed by atoms with Crippen LogP contribution in [0.15, 0.2) is 0 Å². The Morgan fingerprint density at radius 3 is 1.00 bits per heavy atom. The Bertz CT molecular complexity index is 15.5. The summed E-state index contributed by atoms with van der Waals surface area (Å²) in [6, 6.07) is 0. The molecule has 6 heavy (non-hydrogen) atoms. The molecule has 1 radical (unpaired) electrons. The third kappa shape index (κ3) is 84.5. The normalized spacial score (nSPS) is 4.50. The minimum absolute atomic E-state index is 0. The largest absolute Gasteiger partial charge is 0.631 e. The van der Waals surface area contributed by atoms with Gasteiger partial charge < -0.3 is 15.1 Å². The molecule has 0 heterocycles. The van der Waals surface area contributed by atoms with Crippen molar-refractivity contribution in [2.24, 2.45) is 0 Å². The molecule has 0 aliphatic heterocycles. The van der Waals surface area contributed by atoms with Gasteiger partial charge in [0.1, 0.15) is 0 Å². The van der Waals surface area contributed by atoms with E-state index in [2.05, 4.69) is 0 Å². The quantitative estimate of drug-likeness (QED) is 0.274. The topological polar surface area (TPSA) is 60.7 Å². The molecule has 1 atom stereocenters. The molecule has 0 fully saturated rings. The van der Waals surface area contributed by atoms with Gasteiger partial charge in [0.25, 0.3) is 0 Å². The summed E-state index contributed by atoms with van der Waals surface area (Å²) < 4.78 is 0. The second-order valence-corrected chi connectivity index (χ2v) is 0.346. The van der Waals surface area contributed by atoms with Crippen LogP contribution in [0.5, 0.6) is 0 Å². The van der Waals surface area contributed by atoms with E-state index in [1.807, 2.05) is 0 Å². The fourth-order valence-electron chi connectivity index (χ4n) is 0. The van der Waals surface area contributed by atoms with E-state index in [1.54, 1.807) is 0 Å². The van der Waals surface area contributed by atoms with Gasteiger partial charge in [0.05, 0.1) is 0 Å². The zero-order chi connectivity index (χ0) is 3.58. The van der Waals surface area contributed by atoms with Crippen LogP contribution in [0, 0.1) is 0 Å². The minimum Gasteiger partial charge on any atom is -0.402 e. The van der Waals surface area contributed by atoms with Gasteiger partial charge in [0.2, 0.25) is 0 Å². The van der Waals surface area contributed by atoms with Crippen molar-refractivity contribution in [1.82, 2.24) is 0 Å². The molecule has 0 aromatic heterocycles. The Balaban J connectivity index is -0.0000000450. The summed E-state index contributed by atoms with van der Waals surface area (Å²) in [6.45, 7) is 0. The molecule has 3 N–H and O–H groups in total. The van der Waals surface area contributed by atoms with E-state index in [0.717, 1.165) is 0 Å². The Labute approximate surface area is 51.4 Å². The third-order valence-electron chi connectivity index (χ3n) is 0. The SMILES string of the molecule is OB(O)O.P.[V]. The second-order valence-electron chi connectivity index (χ2n) is 0.346. The maximum absolute atomic E-state index is 7.17. The third-order valence-corrected chi connectivity index (χ3v) is 0. The van der Waals surface area contributed by atoms with Crippen LogP contribution >= 0.6 is 9.90 Å². The van der Waals surface area contributed by atoms with Crippen molar-refractivity contribution >= 4 is 17.2 Å². The molecule has 0 aliphatic carbocycles. The molecular weight excluding hydrogens is 141 g/mol. The predicted molar refractivity (Wildman–Crippen MR) is 23.5 cm³/mol. The van der Waals surface area contributed by atoms with Crippen LogP contribution in [0.3, 0.4) is 0 Å². The molecule has 0 aliphatic rings. The van der Waals surface area contributed by atoms with Gasteiger partial charge in [-0.2, -0.15) is 9.90 Å². The molecular formula is H6BO3PV. The molecule has 6 heteroatoms. The zero-order valence-electron chi connectivity index (χ0n) is 3.07. The van der Waals surface area contributed by atoms with E-state index in [9.17, 15) is 0 Å². The van der Waals surface area contributed by atoms with Gasteiger partial charge in [0, 0.05) is 18.6 Å². The first-order chi connectivity index (χ1) is 1.73. The number of hydrogen-bond acceptors (Lipinski definition) is 3. The van der Waals surface area contributed by atoms with Crippen LogP contribution in [0.2, 0.25) is 0 Å². The Morgan fingerprint density at radius 2 is 1.00 bits per heavy atom. The maximum Gasteiger partial charge on any atom is 0.631 e. The van der Waals surface area contributed by atoms with E-state index in [1.165, 1.54) is 0 Å². The van der Waals surface area contributed by atoms with Crippen molar-refractivity contribution < 1.29 is 33.6 Å². The second kappa shape index (κ2) is 9.35. The molecule has 0 spiro atoms. The van der Waals surface area contributed by atoms with Crippen molar-refractivity contribution in [2.45, 2.75) is 0 Å². The Hall–Kier alpha value is 0.959. The monoisotopic (exact) mass is 147 g/mol. The summed E-state index contributed by atoms with van der Waals surface area (Å²) in [7, 11) is -2.17. The molecule has 0 bridgehead atoms.